The summed E-state index contributed by atoms with van der Waals surface area (Å²) in [6.45, 7) is 6.54. The van der Waals surface area contributed by atoms with E-state index >= 15 is 0 Å². The lowest BCUT2D eigenvalue weighted by molar-refractivity contribution is -0.914. The molecule has 156 valence electrons. The number of pyridine rings is 1. The van der Waals surface area contributed by atoms with Crippen molar-refractivity contribution < 1.29 is 19.2 Å². The Hall–Kier alpha value is -3.12. The average Bonchev–Trinajstić information content (AvgIpc) is 2.79. The van der Waals surface area contributed by atoms with Crippen molar-refractivity contribution in [2.24, 2.45) is 0 Å². The van der Waals surface area contributed by atoms with E-state index in [1.54, 1.807) is 7.11 Å². The molecule has 0 spiro atoms. The molecule has 0 radical (unpaired) electrons. The van der Waals surface area contributed by atoms with Crippen LogP contribution in [-0.4, -0.2) is 51.4 Å². The zero-order valence-electron chi connectivity index (χ0n) is 17.8. The third-order valence-electron chi connectivity index (χ3n) is 5.92. The lowest BCUT2D eigenvalue weighted by Gasteiger charge is -2.34. The summed E-state index contributed by atoms with van der Waals surface area (Å²) in [4.78, 5) is 21.2. The molecule has 6 nitrogen and oxygen atoms in total. The first-order chi connectivity index (χ1) is 14.6. The zero-order valence-corrected chi connectivity index (χ0v) is 17.8. The second-order valence-electron chi connectivity index (χ2n) is 7.68. The number of hydrogen-bond acceptors (Lipinski definition) is 5. The number of methoxy groups -OCH3 is 2. The summed E-state index contributed by atoms with van der Waals surface area (Å²) in [6, 6.07) is 16.2. The minimum atomic E-state index is -0.310. The fourth-order valence-electron chi connectivity index (χ4n) is 4.24. The van der Waals surface area contributed by atoms with Crippen molar-refractivity contribution >= 4 is 22.6 Å². The fourth-order valence-corrected chi connectivity index (χ4v) is 4.24. The van der Waals surface area contributed by atoms with Crippen molar-refractivity contribution in [1.82, 2.24) is 4.98 Å². The van der Waals surface area contributed by atoms with Gasteiger partial charge in [0.25, 0.3) is 0 Å². The van der Waals surface area contributed by atoms with Gasteiger partial charge in [-0.1, -0.05) is 24.3 Å². The Kier molecular flexibility index (Phi) is 5.86. The minimum Gasteiger partial charge on any atom is -0.497 e. The topological polar surface area (TPSA) is 56.1 Å². The number of para-hydroxylation sites is 1. The van der Waals surface area contributed by atoms with Crippen LogP contribution in [0.4, 0.5) is 5.69 Å². The standard InChI is InChI=1S/C24H27N3O3/c1-17-20-9-4-5-10-21(20)25-22(23(17)24(28)30-3)16-26-11-13-27(14-12-26)18-7-6-8-19(15-18)29-2/h4-10,15H,11-14,16H2,1-3H3/p+1. The number of aromatic nitrogens is 1. The molecule has 2 heterocycles. The van der Waals surface area contributed by atoms with Crippen LogP contribution in [0.15, 0.2) is 48.5 Å². The largest absolute Gasteiger partial charge is 0.497 e. The highest BCUT2D eigenvalue weighted by Crippen LogP contribution is 2.24. The molecule has 2 aromatic carbocycles. The number of rotatable bonds is 5. The van der Waals surface area contributed by atoms with Crippen LogP contribution in [0, 0.1) is 6.92 Å². The maximum atomic E-state index is 12.5. The van der Waals surface area contributed by atoms with Gasteiger partial charge in [-0.15, -0.1) is 0 Å². The Morgan fingerprint density at radius 1 is 1.10 bits per heavy atom. The summed E-state index contributed by atoms with van der Waals surface area (Å²) < 4.78 is 10.4. The van der Waals surface area contributed by atoms with E-state index in [0.29, 0.717) is 12.1 Å². The predicted molar refractivity (Wildman–Crippen MR) is 117 cm³/mol. The van der Waals surface area contributed by atoms with E-state index in [2.05, 4.69) is 17.0 Å². The number of nitrogens with zero attached hydrogens (tertiary/aromatic N) is 2. The quantitative estimate of drug-likeness (QED) is 0.659. The maximum absolute atomic E-state index is 12.5. The highest BCUT2D eigenvalue weighted by atomic mass is 16.5. The number of aryl methyl sites for hydroxylation is 1. The number of ether oxygens (including phenoxy) is 2. The Balaban J connectivity index is 1.54. The highest BCUT2D eigenvalue weighted by molar-refractivity contribution is 5.98. The van der Waals surface area contributed by atoms with Crippen molar-refractivity contribution in [2.75, 3.05) is 45.3 Å². The number of nitrogens with one attached hydrogen (secondary N) is 1. The zero-order chi connectivity index (χ0) is 21.1. The Morgan fingerprint density at radius 3 is 2.60 bits per heavy atom. The number of piperazine rings is 1. The number of benzene rings is 2. The van der Waals surface area contributed by atoms with E-state index in [1.807, 2.05) is 43.3 Å². The lowest BCUT2D eigenvalue weighted by Crippen LogP contribution is -3.13. The maximum Gasteiger partial charge on any atom is 0.340 e. The van der Waals surface area contributed by atoms with Gasteiger partial charge in [-0.3, -0.25) is 0 Å². The fraction of sp³-hybridized carbons (Fsp3) is 0.333. The first-order valence-corrected chi connectivity index (χ1v) is 10.3. The molecule has 1 fully saturated rings. The highest BCUT2D eigenvalue weighted by Gasteiger charge is 2.26. The second kappa shape index (κ2) is 8.71. The van der Waals surface area contributed by atoms with Crippen LogP contribution in [0.5, 0.6) is 5.75 Å². The predicted octanol–water partition coefficient (Wildman–Crippen LogP) is 2.24. The summed E-state index contributed by atoms with van der Waals surface area (Å²) >= 11 is 0. The number of carbonyl (C=O) groups is 1. The van der Waals surface area contributed by atoms with E-state index in [-0.39, 0.29) is 5.97 Å². The van der Waals surface area contributed by atoms with Crippen LogP contribution in [0.3, 0.4) is 0 Å². The monoisotopic (exact) mass is 406 g/mol. The molecule has 30 heavy (non-hydrogen) atoms. The molecule has 0 bridgehead atoms. The number of carbonyl (C=O) groups excluding carboxylic acids is 1. The molecule has 4 rings (SSSR count). The molecule has 0 amide bonds. The number of hydrogen-bond donors (Lipinski definition) is 1. The van der Waals surface area contributed by atoms with E-state index in [1.165, 1.54) is 17.7 Å². The van der Waals surface area contributed by atoms with Gasteiger partial charge in [-0.25, -0.2) is 9.78 Å². The first-order valence-electron chi connectivity index (χ1n) is 10.3. The molecule has 1 N–H and O–H groups in total. The third-order valence-corrected chi connectivity index (χ3v) is 5.92. The lowest BCUT2D eigenvalue weighted by atomic mass is 10.0. The summed E-state index contributed by atoms with van der Waals surface area (Å²) in [5, 5.41) is 1.000. The molecule has 0 aliphatic carbocycles. The molecule has 0 atom stereocenters. The number of quaternary nitrogens is 1. The van der Waals surface area contributed by atoms with Crippen molar-refractivity contribution in [3.8, 4) is 5.75 Å². The molecule has 1 aliphatic rings. The van der Waals surface area contributed by atoms with Gasteiger partial charge in [0.05, 0.1) is 51.5 Å². The number of fused-ring (bicyclic) bond motifs is 1. The summed E-state index contributed by atoms with van der Waals surface area (Å²) in [6.07, 6.45) is 0. The van der Waals surface area contributed by atoms with Crippen molar-refractivity contribution in [1.29, 1.82) is 0 Å². The van der Waals surface area contributed by atoms with Crippen LogP contribution in [0.25, 0.3) is 10.9 Å². The molecule has 0 unspecified atom stereocenters. The van der Waals surface area contributed by atoms with E-state index in [0.717, 1.165) is 54.1 Å². The molecular weight excluding hydrogens is 378 g/mol. The van der Waals surface area contributed by atoms with Crippen LogP contribution < -0.4 is 14.5 Å². The third kappa shape index (κ3) is 3.96. The molecule has 1 aliphatic heterocycles. The summed E-state index contributed by atoms with van der Waals surface area (Å²) in [5.74, 6) is 0.566. The summed E-state index contributed by atoms with van der Waals surface area (Å²) in [5.41, 5.74) is 4.48. The molecule has 3 aromatic rings. The first kappa shape index (κ1) is 20.2. The minimum absolute atomic E-state index is 0.310. The van der Waals surface area contributed by atoms with Gasteiger partial charge in [0.15, 0.2) is 0 Å². The molecule has 0 saturated carbocycles. The van der Waals surface area contributed by atoms with Crippen LogP contribution in [0.1, 0.15) is 21.6 Å². The van der Waals surface area contributed by atoms with Crippen LogP contribution >= 0.6 is 0 Å². The van der Waals surface area contributed by atoms with Gasteiger partial charge in [0.1, 0.15) is 18.0 Å². The van der Waals surface area contributed by atoms with Gasteiger partial charge in [0, 0.05) is 17.1 Å². The van der Waals surface area contributed by atoms with Gasteiger partial charge in [0.2, 0.25) is 0 Å². The summed E-state index contributed by atoms with van der Waals surface area (Å²) in [7, 11) is 3.12. The Bertz CT molecular complexity index is 1060. The Morgan fingerprint density at radius 2 is 1.87 bits per heavy atom. The van der Waals surface area contributed by atoms with E-state index in [9.17, 15) is 4.79 Å². The SMILES string of the molecule is COC(=O)c1c(C[NH+]2CCN(c3cccc(OC)c3)CC2)nc2ccccc2c1C. The second-order valence-corrected chi connectivity index (χ2v) is 7.68. The van der Waals surface area contributed by atoms with Crippen LogP contribution in [-0.2, 0) is 11.3 Å². The smallest absolute Gasteiger partial charge is 0.340 e. The number of anilines is 1. The van der Waals surface area contributed by atoms with Crippen molar-refractivity contribution in [3.05, 3.63) is 65.4 Å². The van der Waals surface area contributed by atoms with Gasteiger partial charge in [-0.2, -0.15) is 0 Å². The Labute approximate surface area is 177 Å². The van der Waals surface area contributed by atoms with Crippen molar-refractivity contribution in [2.45, 2.75) is 13.5 Å². The normalized spacial score (nSPS) is 14.7. The van der Waals surface area contributed by atoms with Gasteiger partial charge >= 0.3 is 5.97 Å². The molecule has 6 heteroatoms. The number of esters is 1. The molecule has 1 saturated heterocycles. The van der Waals surface area contributed by atoms with Crippen molar-refractivity contribution in [3.63, 3.8) is 0 Å². The average molecular weight is 407 g/mol. The van der Waals surface area contributed by atoms with Gasteiger partial charge < -0.3 is 19.3 Å². The molecule has 1 aromatic heterocycles. The van der Waals surface area contributed by atoms with E-state index in [4.69, 9.17) is 14.5 Å². The molecular formula is C24H28N3O3+. The van der Waals surface area contributed by atoms with Crippen LogP contribution in [0.2, 0.25) is 0 Å². The van der Waals surface area contributed by atoms with Gasteiger partial charge in [-0.05, 0) is 30.7 Å². The van der Waals surface area contributed by atoms with E-state index < -0.39 is 0 Å².